The summed E-state index contributed by atoms with van der Waals surface area (Å²) in [4.78, 5) is 4.64. The summed E-state index contributed by atoms with van der Waals surface area (Å²) >= 11 is 1.60. The molecule has 0 aliphatic carbocycles. The number of hydrogen-bond acceptors (Lipinski definition) is 5. The standard InChI is InChI=1S/C13H18N4O2S2/c1-10-12(9-16(2)15-10)21(18,19)17-6-3-4-11(8-17)13-14-5-7-20-13/h5,7,9,11H,3-4,6,8H2,1-2H3. The summed E-state index contributed by atoms with van der Waals surface area (Å²) in [6, 6.07) is 0. The van der Waals surface area contributed by atoms with Crippen LogP contribution < -0.4 is 0 Å². The highest BCUT2D eigenvalue weighted by Gasteiger charge is 2.33. The van der Waals surface area contributed by atoms with Crippen molar-refractivity contribution in [3.05, 3.63) is 28.5 Å². The summed E-state index contributed by atoms with van der Waals surface area (Å²) in [6.45, 7) is 2.80. The van der Waals surface area contributed by atoms with Crippen LogP contribution in [0.15, 0.2) is 22.7 Å². The lowest BCUT2D eigenvalue weighted by Crippen LogP contribution is -2.39. The predicted octanol–water partition coefficient (Wildman–Crippen LogP) is 1.75. The van der Waals surface area contributed by atoms with Crippen LogP contribution in [0.5, 0.6) is 0 Å². The molecule has 21 heavy (non-hydrogen) atoms. The minimum atomic E-state index is -3.47. The first-order chi connectivity index (χ1) is 9.98. The van der Waals surface area contributed by atoms with Crippen LogP contribution in [0.2, 0.25) is 0 Å². The first-order valence-corrected chi connectivity index (χ1v) is 9.20. The van der Waals surface area contributed by atoms with Gasteiger partial charge in [0.2, 0.25) is 10.0 Å². The molecule has 3 heterocycles. The molecule has 1 aliphatic rings. The van der Waals surface area contributed by atoms with Crippen LogP contribution in [-0.2, 0) is 17.1 Å². The third-order valence-corrected chi connectivity index (χ3v) is 6.68. The SMILES string of the molecule is Cc1nn(C)cc1S(=O)(=O)N1CCCC(c2nccs2)C1. The maximum absolute atomic E-state index is 12.8. The average Bonchev–Trinajstić information content (AvgIpc) is 3.09. The molecule has 1 fully saturated rings. The van der Waals surface area contributed by atoms with Crippen molar-refractivity contribution >= 4 is 21.4 Å². The number of hydrogen-bond donors (Lipinski definition) is 0. The van der Waals surface area contributed by atoms with Crippen LogP contribution in [0.4, 0.5) is 0 Å². The van der Waals surface area contributed by atoms with Gasteiger partial charge in [-0.2, -0.15) is 9.40 Å². The van der Waals surface area contributed by atoms with E-state index in [9.17, 15) is 8.42 Å². The van der Waals surface area contributed by atoms with E-state index in [0.717, 1.165) is 17.8 Å². The lowest BCUT2D eigenvalue weighted by molar-refractivity contribution is 0.315. The summed E-state index contributed by atoms with van der Waals surface area (Å²) in [5.74, 6) is 0.200. The van der Waals surface area contributed by atoms with E-state index in [1.54, 1.807) is 46.7 Å². The van der Waals surface area contributed by atoms with E-state index in [2.05, 4.69) is 10.1 Å². The van der Waals surface area contributed by atoms with Gasteiger partial charge in [0, 0.05) is 43.8 Å². The van der Waals surface area contributed by atoms with Crippen molar-refractivity contribution in [2.75, 3.05) is 13.1 Å². The summed E-state index contributed by atoms with van der Waals surface area (Å²) < 4.78 is 28.7. The first-order valence-electron chi connectivity index (χ1n) is 6.88. The Kier molecular flexibility index (Phi) is 3.85. The Hall–Kier alpha value is -1.25. The molecule has 0 amide bonds. The molecule has 2 aromatic rings. The Morgan fingerprint density at radius 3 is 2.86 bits per heavy atom. The number of rotatable bonds is 3. The molecule has 0 N–H and O–H groups in total. The van der Waals surface area contributed by atoms with Crippen molar-refractivity contribution < 1.29 is 8.42 Å². The van der Waals surface area contributed by atoms with Gasteiger partial charge in [0.25, 0.3) is 0 Å². The fourth-order valence-corrected chi connectivity index (χ4v) is 5.26. The molecule has 6 nitrogen and oxygen atoms in total. The van der Waals surface area contributed by atoms with Gasteiger partial charge in [0.1, 0.15) is 4.90 Å². The second-order valence-electron chi connectivity index (χ2n) is 5.32. The molecule has 2 aromatic heterocycles. The maximum atomic E-state index is 12.8. The molecule has 0 spiro atoms. The van der Waals surface area contributed by atoms with Crippen molar-refractivity contribution in [1.29, 1.82) is 0 Å². The zero-order valence-corrected chi connectivity index (χ0v) is 13.7. The molecule has 114 valence electrons. The zero-order chi connectivity index (χ0) is 15.0. The fourth-order valence-electron chi connectivity index (χ4n) is 2.77. The monoisotopic (exact) mass is 326 g/mol. The number of sulfonamides is 1. The average molecular weight is 326 g/mol. The van der Waals surface area contributed by atoms with Gasteiger partial charge in [-0.25, -0.2) is 13.4 Å². The van der Waals surface area contributed by atoms with Crippen LogP contribution >= 0.6 is 11.3 Å². The molecule has 1 aliphatic heterocycles. The molecule has 0 aromatic carbocycles. The Morgan fingerprint density at radius 1 is 1.43 bits per heavy atom. The van der Waals surface area contributed by atoms with Gasteiger partial charge in [-0.15, -0.1) is 11.3 Å². The normalized spacial score (nSPS) is 20.8. The third kappa shape index (κ3) is 2.75. The van der Waals surface area contributed by atoms with Crippen molar-refractivity contribution in [1.82, 2.24) is 19.1 Å². The summed E-state index contributed by atoms with van der Waals surface area (Å²) in [6.07, 6.45) is 5.21. The fraction of sp³-hybridized carbons (Fsp3) is 0.538. The van der Waals surface area contributed by atoms with E-state index in [4.69, 9.17) is 0 Å². The number of aryl methyl sites for hydroxylation is 2. The highest BCUT2D eigenvalue weighted by atomic mass is 32.2. The molecule has 1 atom stereocenters. The molecule has 1 saturated heterocycles. The van der Waals surface area contributed by atoms with Gasteiger partial charge in [-0.1, -0.05) is 0 Å². The molecular weight excluding hydrogens is 308 g/mol. The topological polar surface area (TPSA) is 68.1 Å². The molecule has 0 radical (unpaired) electrons. The summed E-state index contributed by atoms with van der Waals surface area (Å²) in [5, 5.41) is 7.11. The van der Waals surface area contributed by atoms with Crippen LogP contribution in [0.3, 0.4) is 0 Å². The van der Waals surface area contributed by atoms with Crippen LogP contribution in [0.1, 0.15) is 29.5 Å². The largest absolute Gasteiger partial charge is 0.274 e. The quantitative estimate of drug-likeness (QED) is 0.862. The Balaban J connectivity index is 1.87. The smallest absolute Gasteiger partial charge is 0.246 e. The van der Waals surface area contributed by atoms with E-state index < -0.39 is 10.0 Å². The lowest BCUT2D eigenvalue weighted by Gasteiger charge is -2.30. The first kappa shape index (κ1) is 14.7. The van der Waals surface area contributed by atoms with E-state index in [-0.39, 0.29) is 5.92 Å². The molecule has 1 unspecified atom stereocenters. The Bertz CT molecular complexity index is 721. The highest BCUT2D eigenvalue weighted by Crippen LogP contribution is 2.31. The van der Waals surface area contributed by atoms with Crippen molar-refractivity contribution in [3.8, 4) is 0 Å². The van der Waals surface area contributed by atoms with Crippen LogP contribution in [0.25, 0.3) is 0 Å². The highest BCUT2D eigenvalue weighted by molar-refractivity contribution is 7.89. The van der Waals surface area contributed by atoms with Crippen molar-refractivity contribution in [3.63, 3.8) is 0 Å². The Labute approximate surface area is 128 Å². The van der Waals surface area contributed by atoms with E-state index >= 15 is 0 Å². The second kappa shape index (κ2) is 5.51. The van der Waals surface area contributed by atoms with Gasteiger partial charge in [-0.3, -0.25) is 4.68 Å². The Morgan fingerprint density at radius 2 is 2.24 bits per heavy atom. The molecule has 0 bridgehead atoms. The lowest BCUT2D eigenvalue weighted by atomic mass is 10.0. The molecular formula is C13H18N4O2S2. The van der Waals surface area contributed by atoms with E-state index in [0.29, 0.717) is 23.7 Å². The van der Waals surface area contributed by atoms with Gasteiger partial charge < -0.3 is 0 Å². The number of thiazole rings is 1. The molecule has 3 rings (SSSR count). The van der Waals surface area contributed by atoms with Gasteiger partial charge in [-0.05, 0) is 19.8 Å². The minimum absolute atomic E-state index is 0.200. The number of piperidine rings is 1. The molecule has 8 heteroatoms. The van der Waals surface area contributed by atoms with Crippen molar-refractivity contribution in [2.24, 2.45) is 7.05 Å². The maximum Gasteiger partial charge on any atom is 0.246 e. The van der Waals surface area contributed by atoms with Gasteiger partial charge in [0.05, 0.1) is 10.7 Å². The van der Waals surface area contributed by atoms with E-state index in [1.165, 1.54) is 0 Å². The number of nitrogens with zero attached hydrogens (tertiary/aromatic N) is 4. The summed E-state index contributed by atoms with van der Waals surface area (Å²) in [7, 11) is -1.73. The minimum Gasteiger partial charge on any atom is -0.274 e. The second-order valence-corrected chi connectivity index (χ2v) is 8.16. The van der Waals surface area contributed by atoms with Gasteiger partial charge in [0.15, 0.2) is 0 Å². The predicted molar refractivity (Wildman–Crippen MR) is 80.8 cm³/mol. The van der Waals surface area contributed by atoms with Crippen molar-refractivity contribution in [2.45, 2.75) is 30.6 Å². The van der Waals surface area contributed by atoms with E-state index in [1.807, 2.05) is 5.38 Å². The zero-order valence-electron chi connectivity index (χ0n) is 12.1. The summed E-state index contributed by atoms with van der Waals surface area (Å²) in [5.41, 5.74) is 0.550. The van der Waals surface area contributed by atoms with Gasteiger partial charge >= 0.3 is 0 Å². The third-order valence-electron chi connectivity index (χ3n) is 3.77. The van der Waals surface area contributed by atoms with Crippen LogP contribution in [-0.4, -0.2) is 40.6 Å². The van der Waals surface area contributed by atoms with Crippen LogP contribution in [0, 0.1) is 6.92 Å². The molecule has 0 saturated carbocycles. The number of aromatic nitrogens is 3.